The van der Waals surface area contributed by atoms with E-state index in [1.807, 2.05) is 0 Å². The van der Waals surface area contributed by atoms with Gasteiger partial charge in [0.15, 0.2) is 5.76 Å². The predicted octanol–water partition coefficient (Wildman–Crippen LogP) is 1.37. The summed E-state index contributed by atoms with van der Waals surface area (Å²) in [5.74, 6) is -0.150. The van der Waals surface area contributed by atoms with E-state index in [2.05, 4.69) is 5.32 Å². The average Bonchev–Trinajstić information content (AvgIpc) is 3.11. The highest BCUT2D eigenvalue weighted by atomic mass is 16.3. The number of benzene rings is 1. The van der Waals surface area contributed by atoms with Crippen LogP contribution in [0.2, 0.25) is 0 Å². The topological polar surface area (TPSA) is 88.6 Å². The van der Waals surface area contributed by atoms with Crippen LogP contribution in [0, 0.1) is 0 Å². The van der Waals surface area contributed by atoms with Gasteiger partial charge in [-0.15, -0.1) is 0 Å². The Balaban J connectivity index is 1.91. The zero-order valence-corrected chi connectivity index (χ0v) is 11.8. The Bertz CT molecular complexity index is 707. The Morgan fingerprint density at radius 3 is 2.95 bits per heavy atom. The number of likely N-dealkylation sites (N-methyl/N-ethyl adjacent to an activating group) is 1. The Morgan fingerprint density at radius 2 is 2.19 bits per heavy atom. The number of hydrogen-bond donors (Lipinski definition) is 2. The lowest BCUT2D eigenvalue weighted by atomic mass is 10.2. The lowest BCUT2D eigenvalue weighted by Crippen LogP contribution is -2.44. The van der Waals surface area contributed by atoms with Gasteiger partial charge in [-0.25, -0.2) is 0 Å². The van der Waals surface area contributed by atoms with Gasteiger partial charge in [0.1, 0.15) is 11.6 Å². The van der Waals surface area contributed by atoms with E-state index < -0.39 is 6.04 Å². The van der Waals surface area contributed by atoms with Crippen LogP contribution in [-0.4, -0.2) is 36.3 Å². The summed E-state index contributed by atoms with van der Waals surface area (Å²) in [5.41, 5.74) is 6.95. The summed E-state index contributed by atoms with van der Waals surface area (Å²) in [6.07, 6.45) is 1.50. The summed E-state index contributed by atoms with van der Waals surface area (Å²) < 4.78 is 5.58. The fourth-order valence-corrected chi connectivity index (χ4v) is 2.76. The molecular formula is C15H17N3O3. The van der Waals surface area contributed by atoms with Crippen molar-refractivity contribution in [2.75, 3.05) is 19.3 Å². The SMILES string of the molecule is CNC(=O)C1CCCN1C(=O)c1cc2cc(N)ccc2o1. The molecule has 110 valence electrons. The largest absolute Gasteiger partial charge is 0.451 e. The third-order valence-electron chi connectivity index (χ3n) is 3.81. The maximum Gasteiger partial charge on any atom is 0.290 e. The lowest BCUT2D eigenvalue weighted by Gasteiger charge is -2.22. The van der Waals surface area contributed by atoms with E-state index in [-0.39, 0.29) is 17.6 Å². The maximum absolute atomic E-state index is 12.6. The quantitative estimate of drug-likeness (QED) is 0.816. The first-order chi connectivity index (χ1) is 10.1. The van der Waals surface area contributed by atoms with Crippen molar-refractivity contribution < 1.29 is 14.0 Å². The van der Waals surface area contributed by atoms with E-state index >= 15 is 0 Å². The molecule has 1 aliphatic rings. The van der Waals surface area contributed by atoms with Gasteiger partial charge in [0.2, 0.25) is 5.91 Å². The molecule has 0 bridgehead atoms. The Labute approximate surface area is 121 Å². The van der Waals surface area contributed by atoms with Crippen LogP contribution >= 0.6 is 0 Å². The molecular weight excluding hydrogens is 270 g/mol. The van der Waals surface area contributed by atoms with Crippen LogP contribution in [0.4, 0.5) is 5.69 Å². The van der Waals surface area contributed by atoms with Gasteiger partial charge in [-0.3, -0.25) is 9.59 Å². The van der Waals surface area contributed by atoms with Crippen LogP contribution in [0.25, 0.3) is 11.0 Å². The summed E-state index contributed by atoms with van der Waals surface area (Å²) in [6, 6.07) is 6.48. The van der Waals surface area contributed by atoms with Crippen molar-refractivity contribution in [3.63, 3.8) is 0 Å². The minimum Gasteiger partial charge on any atom is -0.451 e. The van der Waals surface area contributed by atoms with E-state index in [9.17, 15) is 9.59 Å². The molecule has 2 amide bonds. The predicted molar refractivity (Wildman–Crippen MR) is 78.8 cm³/mol. The van der Waals surface area contributed by atoms with Crippen molar-refractivity contribution in [1.29, 1.82) is 0 Å². The molecule has 1 aromatic carbocycles. The molecule has 1 fully saturated rings. The molecule has 21 heavy (non-hydrogen) atoms. The molecule has 3 N–H and O–H groups in total. The zero-order valence-electron chi connectivity index (χ0n) is 11.8. The first-order valence-corrected chi connectivity index (χ1v) is 6.92. The third-order valence-corrected chi connectivity index (χ3v) is 3.81. The molecule has 3 rings (SSSR count). The maximum atomic E-state index is 12.6. The van der Waals surface area contributed by atoms with Gasteiger partial charge in [-0.1, -0.05) is 0 Å². The van der Waals surface area contributed by atoms with Gasteiger partial charge in [-0.2, -0.15) is 0 Å². The van der Waals surface area contributed by atoms with Crippen LogP contribution in [0.5, 0.6) is 0 Å². The van der Waals surface area contributed by atoms with E-state index in [0.29, 0.717) is 24.2 Å². The van der Waals surface area contributed by atoms with E-state index in [1.165, 1.54) is 0 Å². The fourth-order valence-electron chi connectivity index (χ4n) is 2.76. The van der Waals surface area contributed by atoms with Gasteiger partial charge in [0.25, 0.3) is 5.91 Å². The molecule has 0 radical (unpaired) electrons. The second kappa shape index (κ2) is 5.12. The molecule has 0 aliphatic carbocycles. The molecule has 1 aromatic heterocycles. The van der Waals surface area contributed by atoms with E-state index in [0.717, 1.165) is 11.8 Å². The van der Waals surface area contributed by atoms with Crippen molar-refractivity contribution >= 4 is 28.5 Å². The van der Waals surface area contributed by atoms with Crippen molar-refractivity contribution in [3.8, 4) is 0 Å². The van der Waals surface area contributed by atoms with Crippen LogP contribution in [0.1, 0.15) is 23.4 Å². The van der Waals surface area contributed by atoms with Gasteiger partial charge < -0.3 is 20.4 Å². The van der Waals surface area contributed by atoms with Crippen LogP contribution in [0.3, 0.4) is 0 Å². The molecule has 1 saturated heterocycles. The standard InChI is InChI=1S/C15H17N3O3/c1-17-14(19)11-3-2-6-18(11)15(20)13-8-9-7-10(16)4-5-12(9)21-13/h4-5,7-8,11H,2-3,6,16H2,1H3,(H,17,19). The van der Waals surface area contributed by atoms with Crippen LogP contribution < -0.4 is 11.1 Å². The summed E-state index contributed by atoms with van der Waals surface area (Å²) in [5, 5.41) is 3.38. The normalized spacial score (nSPS) is 18.1. The van der Waals surface area contributed by atoms with Crippen molar-refractivity contribution in [2.45, 2.75) is 18.9 Å². The number of nitrogens with two attached hydrogens (primary N) is 1. The highest BCUT2D eigenvalue weighted by molar-refractivity contribution is 5.99. The average molecular weight is 287 g/mol. The molecule has 0 spiro atoms. The van der Waals surface area contributed by atoms with Gasteiger partial charge >= 0.3 is 0 Å². The van der Waals surface area contributed by atoms with E-state index in [1.54, 1.807) is 36.2 Å². The number of nitrogens with one attached hydrogen (secondary N) is 1. The first kappa shape index (κ1) is 13.5. The molecule has 6 heteroatoms. The van der Waals surface area contributed by atoms with Crippen LogP contribution in [0.15, 0.2) is 28.7 Å². The molecule has 6 nitrogen and oxygen atoms in total. The lowest BCUT2D eigenvalue weighted by molar-refractivity contribution is -0.124. The molecule has 0 saturated carbocycles. The number of rotatable bonds is 2. The number of amides is 2. The Hall–Kier alpha value is -2.50. The number of likely N-dealkylation sites (tertiary alicyclic amines) is 1. The van der Waals surface area contributed by atoms with Gasteiger partial charge in [0.05, 0.1) is 0 Å². The number of nitrogens with zero attached hydrogens (tertiary/aromatic N) is 1. The monoisotopic (exact) mass is 287 g/mol. The summed E-state index contributed by atoms with van der Waals surface area (Å²) >= 11 is 0. The number of nitrogen functional groups attached to an aromatic ring is 1. The summed E-state index contributed by atoms with van der Waals surface area (Å²) in [4.78, 5) is 25.9. The number of anilines is 1. The van der Waals surface area contributed by atoms with Gasteiger partial charge in [-0.05, 0) is 37.1 Å². The van der Waals surface area contributed by atoms with Crippen molar-refractivity contribution in [3.05, 3.63) is 30.0 Å². The molecule has 1 aliphatic heterocycles. The minimum absolute atomic E-state index is 0.138. The Morgan fingerprint density at radius 1 is 1.38 bits per heavy atom. The third kappa shape index (κ3) is 2.33. The van der Waals surface area contributed by atoms with Crippen molar-refractivity contribution in [1.82, 2.24) is 10.2 Å². The number of carbonyl (C=O) groups excluding carboxylic acids is 2. The highest BCUT2D eigenvalue weighted by Crippen LogP contribution is 2.25. The van der Waals surface area contributed by atoms with E-state index in [4.69, 9.17) is 10.2 Å². The molecule has 1 atom stereocenters. The number of furan rings is 1. The van der Waals surface area contributed by atoms with Gasteiger partial charge in [0, 0.05) is 24.7 Å². The minimum atomic E-state index is -0.416. The fraction of sp³-hybridized carbons (Fsp3) is 0.333. The number of carbonyl (C=O) groups is 2. The smallest absolute Gasteiger partial charge is 0.290 e. The Kier molecular flexibility index (Phi) is 3.29. The molecule has 1 unspecified atom stereocenters. The molecule has 2 aromatic rings. The highest BCUT2D eigenvalue weighted by Gasteiger charge is 2.35. The zero-order chi connectivity index (χ0) is 15.0. The second-order valence-electron chi connectivity index (χ2n) is 5.18. The molecule has 2 heterocycles. The summed E-state index contributed by atoms with van der Waals surface area (Å²) in [7, 11) is 1.58. The number of fused-ring (bicyclic) bond motifs is 1. The van der Waals surface area contributed by atoms with Crippen LogP contribution in [-0.2, 0) is 4.79 Å². The second-order valence-corrected chi connectivity index (χ2v) is 5.18. The number of hydrogen-bond acceptors (Lipinski definition) is 4. The first-order valence-electron chi connectivity index (χ1n) is 6.92. The summed E-state index contributed by atoms with van der Waals surface area (Å²) in [6.45, 7) is 0.566. The van der Waals surface area contributed by atoms with Crippen molar-refractivity contribution in [2.24, 2.45) is 0 Å².